The molecule has 0 atom stereocenters. The number of rotatable bonds is 4. The van der Waals surface area contributed by atoms with Gasteiger partial charge in [-0.2, -0.15) is 0 Å². The summed E-state index contributed by atoms with van der Waals surface area (Å²) in [5.41, 5.74) is 2.61. The quantitative estimate of drug-likeness (QED) is 0.891. The fourth-order valence-corrected chi connectivity index (χ4v) is 4.12. The van der Waals surface area contributed by atoms with Crippen molar-refractivity contribution in [3.8, 4) is 0 Å². The van der Waals surface area contributed by atoms with E-state index >= 15 is 0 Å². The second-order valence-corrected chi connectivity index (χ2v) is 7.45. The number of benzene rings is 2. The molecule has 0 bridgehead atoms. The lowest BCUT2D eigenvalue weighted by Crippen LogP contribution is -2.19. The van der Waals surface area contributed by atoms with Gasteiger partial charge in [-0.15, -0.1) is 0 Å². The van der Waals surface area contributed by atoms with Crippen LogP contribution in [0.2, 0.25) is 0 Å². The number of nitrogens with one attached hydrogen (secondary N) is 1. The van der Waals surface area contributed by atoms with Gasteiger partial charge in [-0.05, 0) is 48.6 Å². The molecule has 6 heteroatoms. The molecule has 124 valence electrons. The van der Waals surface area contributed by atoms with Crippen molar-refractivity contribution in [3.63, 3.8) is 0 Å². The Labute approximate surface area is 140 Å². The molecule has 2 aromatic carbocycles. The van der Waals surface area contributed by atoms with Gasteiger partial charge in [0, 0.05) is 0 Å². The molecule has 0 radical (unpaired) electrons. The molecule has 0 heterocycles. The third-order valence-electron chi connectivity index (χ3n) is 4.10. The smallest absolute Gasteiger partial charge is 0.337 e. The van der Waals surface area contributed by atoms with Crippen LogP contribution in [0.5, 0.6) is 0 Å². The van der Waals surface area contributed by atoms with Crippen molar-refractivity contribution < 1.29 is 18.3 Å². The lowest BCUT2D eigenvalue weighted by molar-refractivity contribution is 0.0698. The third-order valence-corrected chi connectivity index (χ3v) is 5.58. The molecule has 3 rings (SSSR count). The Hall–Kier alpha value is -2.60. The van der Waals surface area contributed by atoms with Crippen molar-refractivity contribution in [2.45, 2.75) is 19.8 Å². The number of para-hydroxylation sites is 1. The van der Waals surface area contributed by atoms with E-state index in [9.17, 15) is 18.3 Å². The maximum atomic E-state index is 12.7. The summed E-state index contributed by atoms with van der Waals surface area (Å²) in [6, 6.07) is 12.3. The van der Waals surface area contributed by atoms with Crippen LogP contribution in [0.15, 0.2) is 47.4 Å². The molecule has 0 saturated heterocycles. The molecular weight excluding hydrogens is 326 g/mol. The highest BCUT2D eigenvalue weighted by atomic mass is 32.2. The van der Waals surface area contributed by atoms with Gasteiger partial charge in [-0.1, -0.05) is 36.4 Å². The standard InChI is InChI=1S/C18H17NO4S/c1-12-5-4-8-16(18(20)21)17(12)19-24(22,23)15-10-9-13-6-2-3-7-14(13)11-15/h2-8,11,19H,9-10H2,1H3,(H,20,21). The third kappa shape index (κ3) is 3.05. The van der Waals surface area contributed by atoms with Crippen molar-refractivity contribution in [2.75, 3.05) is 4.72 Å². The zero-order chi connectivity index (χ0) is 17.3. The summed E-state index contributed by atoms with van der Waals surface area (Å²) in [7, 11) is -3.81. The summed E-state index contributed by atoms with van der Waals surface area (Å²) in [6.07, 6.45) is 2.68. The van der Waals surface area contributed by atoms with Crippen LogP contribution in [0.3, 0.4) is 0 Å². The van der Waals surface area contributed by atoms with E-state index in [0.29, 0.717) is 18.4 Å². The van der Waals surface area contributed by atoms with E-state index in [1.165, 1.54) is 6.07 Å². The number of carbonyl (C=O) groups is 1. The van der Waals surface area contributed by atoms with Crippen molar-refractivity contribution in [3.05, 3.63) is 69.6 Å². The fourth-order valence-electron chi connectivity index (χ4n) is 2.80. The van der Waals surface area contributed by atoms with E-state index in [-0.39, 0.29) is 16.2 Å². The number of hydrogen-bond acceptors (Lipinski definition) is 3. The Bertz CT molecular complexity index is 945. The molecule has 0 fully saturated rings. The van der Waals surface area contributed by atoms with Crippen LogP contribution in [-0.4, -0.2) is 19.5 Å². The number of aryl methyl sites for hydroxylation is 2. The van der Waals surface area contributed by atoms with Crippen LogP contribution in [0.4, 0.5) is 5.69 Å². The van der Waals surface area contributed by atoms with Gasteiger partial charge in [0.15, 0.2) is 0 Å². The number of aromatic carboxylic acids is 1. The predicted octanol–water partition coefficient (Wildman–Crippen LogP) is 3.42. The molecule has 0 aromatic heterocycles. The Kier molecular flexibility index (Phi) is 4.15. The summed E-state index contributed by atoms with van der Waals surface area (Å²) >= 11 is 0. The molecule has 1 aliphatic carbocycles. The zero-order valence-electron chi connectivity index (χ0n) is 13.1. The Balaban J connectivity index is 2.00. The highest BCUT2D eigenvalue weighted by Gasteiger charge is 2.24. The molecule has 5 nitrogen and oxygen atoms in total. The first kappa shape index (κ1) is 16.3. The molecule has 0 unspecified atom stereocenters. The first-order chi connectivity index (χ1) is 11.4. The number of allylic oxidation sites excluding steroid dienone is 1. The molecule has 2 N–H and O–H groups in total. The number of fused-ring (bicyclic) bond motifs is 1. The summed E-state index contributed by atoms with van der Waals surface area (Å²) in [6.45, 7) is 1.68. The Morgan fingerprint density at radius 2 is 1.83 bits per heavy atom. The second-order valence-electron chi connectivity index (χ2n) is 5.72. The highest BCUT2D eigenvalue weighted by molar-refractivity contribution is 7.96. The molecule has 0 aliphatic heterocycles. The molecule has 0 saturated carbocycles. The largest absolute Gasteiger partial charge is 0.478 e. The minimum atomic E-state index is -3.81. The fraction of sp³-hybridized carbons (Fsp3) is 0.167. The molecule has 24 heavy (non-hydrogen) atoms. The second kappa shape index (κ2) is 6.13. The van der Waals surface area contributed by atoms with E-state index in [2.05, 4.69) is 4.72 Å². The van der Waals surface area contributed by atoms with Crippen LogP contribution >= 0.6 is 0 Å². The van der Waals surface area contributed by atoms with Gasteiger partial charge >= 0.3 is 5.97 Å². The monoisotopic (exact) mass is 343 g/mol. The summed E-state index contributed by atoms with van der Waals surface area (Å²) < 4.78 is 27.9. The van der Waals surface area contributed by atoms with E-state index in [4.69, 9.17) is 0 Å². The van der Waals surface area contributed by atoms with E-state index < -0.39 is 16.0 Å². The number of carboxylic acid groups (broad SMARTS) is 1. The Morgan fingerprint density at radius 3 is 2.58 bits per heavy atom. The SMILES string of the molecule is Cc1cccc(C(=O)O)c1NS(=O)(=O)C1=Cc2ccccc2CC1. The van der Waals surface area contributed by atoms with Gasteiger partial charge < -0.3 is 5.11 Å². The average Bonchev–Trinajstić information content (AvgIpc) is 2.56. The topological polar surface area (TPSA) is 83.5 Å². The zero-order valence-corrected chi connectivity index (χ0v) is 13.9. The van der Waals surface area contributed by atoms with Crippen molar-refractivity contribution in [1.29, 1.82) is 0 Å². The van der Waals surface area contributed by atoms with Crippen LogP contribution in [0, 0.1) is 6.92 Å². The van der Waals surface area contributed by atoms with Gasteiger partial charge in [0.2, 0.25) is 0 Å². The van der Waals surface area contributed by atoms with Crippen molar-refractivity contribution in [1.82, 2.24) is 0 Å². The van der Waals surface area contributed by atoms with E-state index in [1.54, 1.807) is 25.1 Å². The van der Waals surface area contributed by atoms with E-state index in [1.807, 2.05) is 24.3 Å². The molecule has 1 aliphatic rings. The van der Waals surface area contributed by atoms with Crippen LogP contribution in [0.25, 0.3) is 6.08 Å². The summed E-state index contributed by atoms with van der Waals surface area (Å²) in [4.78, 5) is 11.6. The normalized spacial score (nSPS) is 13.8. The summed E-state index contributed by atoms with van der Waals surface area (Å²) in [5, 5.41) is 9.28. The van der Waals surface area contributed by atoms with Gasteiger partial charge in [-0.25, -0.2) is 13.2 Å². The minimum Gasteiger partial charge on any atom is -0.478 e. The first-order valence-electron chi connectivity index (χ1n) is 7.53. The van der Waals surface area contributed by atoms with Crippen LogP contribution in [0.1, 0.15) is 33.5 Å². The molecule has 0 amide bonds. The molecular formula is C18H17NO4S. The van der Waals surface area contributed by atoms with Crippen LogP contribution in [-0.2, 0) is 16.4 Å². The molecule has 2 aromatic rings. The van der Waals surface area contributed by atoms with Crippen molar-refractivity contribution >= 4 is 27.8 Å². The van der Waals surface area contributed by atoms with Crippen molar-refractivity contribution in [2.24, 2.45) is 0 Å². The number of hydrogen-bond donors (Lipinski definition) is 2. The highest BCUT2D eigenvalue weighted by Crippen LogP contribution is 2.30. The van der Waals surface area contributed by atoms with Gasteiger partial charge in [-0.3, -0.25) is 4.72 Å². The first-order valence-corrected chi connectivity index (χ1v) is 9.01. The average molecular weight is 343 g/mol. The maximum Gasteiger partial charge on any atom is 0.337 e. The van der Waals surface area contributed by atoms with E-state index in [0.717, 1.165) is 11.1 Å². The van der Waals surface area contributed by atoms with Gasteiger partial charge in [0.25, 0.3) is 10.0 Å². The lowest BCUT2D eigenvalue weighted by Gasteiger charge is -2.19. The van der Waals surface area contributed by atoms with Crippen LogP contribution < -0.4 is 4.72 Å². The maximum absolute atomic E-state index is 12.7. The minimum absolute atomic E-state index is 0.0598. The molecule has 0 spiro atoms. The predicted molar refractivity (Wildman–Crippen MR) is 93.4 cm³/mol. The Morgan fingerprint density at radius 1 is 1.08 bits per heavy atom. The number of carboxylic acids is 1. The number of anilines is 1. The summed E-state index contributed by atoms with van der Waals surface area (Å²) in [5.74, 6) is -1.17. The van der Waals surface area contributed by atoms with Gasteiger partial charge in [0.05, 0.1) is 16.2 Å². The van der Waals surface area contributed by atoms with Gasteiger partial charge in [0.1, 0.15) is 0 Å². The lowest BCUT2D eigenvalue weighted by atomic mass is 9.98. The number of sulfonamides is 1.